The summed E-state index contributed by atoms with van der Waals surface area (Å²) in [6.07, 6.45) is 1.75. The zero-order valence-corrected chi connectivity index (χ0v) is 23.7. The van der Waals surface area contributed by atoms with Crippen LogP contribution in [0.2, 0.25) is 0 Å². The highest BCUT2D eigenvalue weighted by Crippen LogP contribution is 2.46. The minimum absolute atomic E-state index is 0.0223. The van der Waals surface area contributed by atoms with Crippen LogP contribution in [0.25, 0.3) is 0 Å². The van der Waals surface area contributed by atoms with Crippen molar-refractivity contribution >= 4 is 22.7 Å². The summed E-state index contributed by atoms with van der Waals surface area (Å²) in [5.41, 5.74) is 40.5. The predicted octanol–water partition coefficient (Wildman–Crippen LogP) is 7.34. The van der Waals surface area contributed by atoms with Crippen LogP contribution in [-0.2, 0) is 12.8 Å². The maximum Gasteiger partial charge on any atom is 0.0376 e. The Balaban J connectivity index is 2.10. The Morgan fingerprint density at radius 3 is 1.16 bits per heavy atom. The first kappa shape index (κ1) is 27.1. The Bertz CT molecular complexity index is 1370. The fraction of sp³-hybridized carbons (Fsp3) is 0.294. The number of hydrogen-bond donors (Lipinski definition) is 4. The van der Waals surface area contributed by atoms with E-state index in [4.69, 9.17) is 22.9 Å². The van der Waals surface area contributed by atoms with E-state index in [0.29, 0.717) is 0 Å². The average Bonchev–Trinajstić information content (AvgIpc) is 2.89. The molecule has 0 aliphatic carbocycles. The van der Waals surface area contributed by atoms with Gasteiger partial charge in [-0.2, -0.15) is 0 Å². The number of nitrogens with two attached hydrogens (primary N) is 4. The number of nitrogen functional groups attached to an aromatic ring is 4. The Kier molecular flexibility index (Phi) is 7.73. The molecule has 4 aromatic carbocycles. The van der Waals surface area contributed by atoms with Crippen molar-refractivity contribution in [2.75, 3.05) is 22.9 Å². The molecule has 4 aromatic rings. The van der Waals surface area contributed by atoms with Gasteiger partial charge in [-0.3, -0.25) is 0 Å². The van der Waals surface area contributed by atoms with Crippen molar-refractivity contribution in [2.45, 2.75) is 66.2 Å². The highest BCUT2D eigenvalue weighted by molar-refractivity contribution is 5.62. The summed E-state index contributed by atoms with van der Waals surface area (Å²) in [5, 5.41) is 0. The van der Waals surface area contributed by atoms with Crippen LogP contribution in [0.3, 0.4) is 0 Å². The molecule has 4 nitrogen and oxygen atoms in total. The van der Waals surface area contributed by atoms with Gasteiger partial charge in [0.25, 0.3) is 0 Å². The summed E-state index contributed by atoms with van der Waals surface area (Å²) < 4.78 is 0. The van der Waals surface area contributed by atoms with Crippen molar-refractivity contribution in [3.05, 3.63) is 116 Å². The fourth-order valence-electron chi connectivity index (χ4n) is 5.69. The van der Waals surface area contributed by atoms with Gasteiger partial charge < -0.3 is 22.9 Å². The molecule has 0 aliphatic heterocycles. The molecule has 0 unspecified atom stereocenters. The number of hydrogen-bond acceptors (Lipinski definition) is 4. The standard InChI is InChI=1S/C34H42N4/c1-7-23-17-27(15-21(5)33(23)37)32(28-16-22(6)34(38)24(8-2)18-28)31(25-9-11-29(35)19(3)13-25)26-10-12-30(36)20(4)14-26/h9-18,31-32H,7-8,35-38H2,1-6H3. The van der Waals surface area contributed by atoms with Crippen molar-refractivity contribution in [1.29, 1.82) is 0 Å². The quantitative estimate of drug-likeness (QED) is 0.197. The molecule has 4 heteroatoms. The second-order valence-corrected chi connectivity index (χ2v) is 10.7. The van der Waals surface area contributed by atoms with Crippen molar-refractivity contribution in [2.24, 2.45) is 0 Å². The van der Waals surface area contributed by atoms with Crippen LogP contribution in [0.5, 0.6) is 0 Å². The minimum Gasteiger partial charge on any atom is -0.399 e. The van der Waals surface area contributed by atoms with Gasteiger partial charge in [0, 0.05) is 34.6 Å². The van der Waals surface area contributed by atoms with E-state index in [1.54, 1.807) is 0 Å². The van der Waals surface area contributed by atoms with Gasteiger partial charge in [0.05, 0.1) is 0 Å². The SMILES string of the molecule is CCc1cc(C(c2cc(C)c(N)c(CC)c2)C(c2ccc(N)c(C)c2)c2ccc(N)c(C)c2)cc(C)c1N. The molecule has 0 aliphatic rings. The van der Waals surface area contributed by atoms with Crippen LogP contribution in [0.1, 0.15) is 81.3 Å². The summed E-state index contributed by atoms with van der Waals surface area (Å²) in [4.78, 5) is 0. The molecule has 198 valence electrons. The maximum atomic E-state index is 6.52. The molecule has 0 amide bonds. The third-order valence-electron chi connectivity index (χ3n) is 8.11. The summed E-state index contributed by atoms with van der Waals surface area (Å²) in [6.45, 7) is 12.7. The zero-order valence-electron chi connectivity index (χ0n) is 23.7. The third kappa shape index (κ3) is 5.08. The van der Waals surface area contributed by atoms with Crippen molar-refractivity contribution in [3.63, 3.8) is 0 Å². The highest BCUT2D eigenvalue weighted by Gasteiger charge is 2.30. The van der Waals surface area contributed by atoms with Gasteiger partial charge >= 0.3 is 0 Å². The lowest BCUT2D eigenvalue weighted by Gasteiger charge is -2.32. The largest absolute Gasteiger partial charge is 0.399 e. The smallest absolute Gasteiger partial charge is 0.0376 e. The predicted molar refractivity (Wildman–Crippen MR) is 165 cm³/mol. The van der Waals surface area contributed by atoms with Gasteiger partial charge in [-0.05, 0) is 108 Å². The Morgan fingerprint density at radius 2 is 0.816 bits per heavy atom. The highest BCUT2D eigenvalue weighted by atomic mass is 14.6. The molecule has 0 spiro atoms. The van der Waals surface area contributed by atoms with Crippen molar-refractivity contribution in [3.8, 4) is 0 Å². The lowest BCUT2D eigenvalue weighted by Crippen LogP contribution is -2.17. The molecule has 0 bridgehead atoms. The fourth-order valence-corrected chi connectivity index (χ4v) is 5.69. The minimum atomic E-state index is 0.0223. The van der Waals surface area contributed by atoms with E-state index in [0.717, 1.165) is 57.8 Å². The molecule has 0 aromatic heterocycles. The summed E-state index contributed by atoms with van der Waals surface area (Å²) in [7, 11) is 0. The maximum absolute atomic E-state index is 6.52. The van der Waals surface area contributed by atoms with E-state index in [1.807, 2.05) is 12.1 Å². The molecule has 0 heterocycles. The number of benzene rings is 4. The van der Waals surface area contributed by atoms with Gasteiger partial charge in [-0.1, -0.05) is 62.4 Å². The second kappa shape index (κ2) is 10.8. The average molecular weight is 507 g/mol. The molecular formula is C34H42N4. The first-order chi connectivity index (χ1) is 18.0. The van der Waals surface area contributed by atoms with E-state index in [9.17, 15) is 0 Å². The molecular weight excluding hydrogens is 464 g/mol. The van der Waals surface area contributed by atoms with Crippen LogP contribution in [0.4, 0.5) is 22.7 Å². The van der Waals surface area contributed by atoms with Gasteiger partial charge in [0.2, 0.25) is 0 Å². The number of rotatable bonds is 7. The van der Waals surface area contributed by atoms with Gasteiger partial charge in [0.1, 0.15) is 0 Å². The lowest BCUT2D eigenvalue weighted by atomic mass is 9.72. The first-order valence-electron chi connectivity index (χ1n) is 13.5. The Morgan fingerprint density at radius 1 is 0.474 bits per heavy atom. The second-order valence-electron chi connectivity index (χ2n) is 10.7. The van der Waals surface area contributed by atoms with Gasteiger partial charge in [-0.15, -0.1) is 0 Å². The van der Waals surface area contributed by atoms with Crippen LogP contribution < -0.4 is 22.9 Å². The number of anilines is 4. The third-order valence-corrected chi connectivity index (χ3v) is 8.11. The molecule has 0 fully saturated rings. The molecule has 8 N–H and O–H groups in total. The molecule has 4 rings (SSSR count). The zero-order chi connectivity index (χ0) is 27.7. The van der Waals surface area contributed by atoms with E-state index < -0.39 is 0 Å². The Labute approximate surface area is 228 Å². The van der Waals surface area contributed by atoms with Crippen molar-refractivity contribution in [1.82, 2.24) is 0 Å². The van der Waals surface area contributed by atoms with E-state index in [1.165, 1.54) is 33.4 Å². The van der Waals surface area contributed by atoms with Gasteiger partial charge in [-0.25, -0.2) is 0 Å². The van der Waals surface area contributed by atoms with E-state index in [2.05, 4.69) is 90.1 Å². The molecule has 0 atom stereocenters. The van der Waals surface area contributed by atoms with Crippen LogP contribution in [0, 0.1) is 27.7 Å². The normalized spacial score (nSPS) is 11.5. The van der Waals surface area contributed by atoms with Crippen LogP contribution in [0.15, 0.2) is 60.7 Å². The first-order valence-corrected chi connectivity index (χ1v) is 13.5. The van der Waals surface area contributed by atoms with E-state index >= 15 is 0 Å². The summed E-state index contributed by atoms with van der Waals surface area (Å²) in [5.74, 6) is 0.0457. The monoisotopic (exact) mass is 506 g/mol. The van der Waals surface area contributed by atoms with Crippen molar-refractivity contribution < 1.29 is 0 Å². The molecule has 38 heavy (non-hydrogen) atoms. The molecule has 0 radical (unpaired) electrons. The number of aryl methyl sites for hydroxylation is 6. The lowest BCUT2D eigenvalue weighted by molar-refractivity contribution is 0.690. The van der Waals surface area contributed by atoms with Gasteiger partial charge in [0.15, 0.2) is 0 Å². The van der Waals surface area contributed by atoms with Crippen LogP contribution >= 0.6 is 0 Å². The molecule has 0 saturated carbocycles. The molecule has 0 saturated heterocycles. The Hall–Kier alpha value is -3.92. The summed E-state index contributed by atoms with van der Waals surface area (Å²) in [6, 6.07) is 22.0. The summed E-state index contributed by atoms with van der Waals surface area (Å²) >= 11 is 0. The van der Waals surface area contributed by atoms with E-state index in [-0.39, 0.29) is 11.8 Å². The topological polar surface area (TPSA) is 104 Å². The van der Waals surface area contributed by atoms with Crippen LogP contribution in [-0.4, -0.2) is 0 Å².